The number of anilines is 1. The molecule has 94 valence electrons. The minimum Gasteiger partial charge on any atom is -0.496 e. The van der Waals surface area contributed by atoms with Crippen LogP contribution in [-0.4, -0.2) is 18.2 Å². The van der Waals surface area contributed by atoms with Crippen LogP contribution < -0.4 is 10.5 Å². The highest BCUT2D eigenvalue weighted by Crippen LogP contribution is 2.22. The molecule has 0 fully saturated rings. The zero-order valence-corrected chi connectivity index (χ0v) is 9.75. The molecule has 0 radical (unpaired) electrons. The Hall–Kier alpha value is -2.50. The molecule has 6 heteroatoms. The van der Waals surface area contributed by atoms with E-state index in [1.807, 2.05) is 0 Å². The van der Waals surface area contributed by atoms with Crippen molar-refractivity contribution in [2.24, 2.45) is 0 Å². The minimum atomic E-state index is -0.514. The lowest BCUT2D eigenvalue weighted by molar-refractivity contribution is 0.0468. The van der Waals surface area contributed by atoms with E-state index in [2.05, 4.69) is 9.68 Å². The van der Waals surface area contributed by atoms with Crippen molar-refractivity contribution < 1.29 is 18.8 Å². The highest BCUT2D eigenvalue weighted by atomic mass is 16.5. The van der Waals surface area contributed by atoms with Crippen LogP contribution in [0, 0.1) is 0 Å². The van der Waals surface area contributed by atoms with E-state index in [1.54, 1.807) is 12.1 Å². The molecule has 0 atom stereocenters. The SMILES string of the molecule is COc1ccc(N)cc1C(=O)OCc1cnoc1. The van der Waals surface area contributed by atoms with Crippen molar-refractivity contribution in [3.63, 3.8) is 0 Å². The van der Waals surface area contributed by atoms with Crippen LogP contribution in [0.15, 0.2) is 35.2 Å². The van der Waals surface area contributed by atoms with Crippen molar-refractivity contribution in [1.29, 1.82) is 0 Å². The lowest BCUT2D eigenvalue weighted by atomic mass is 10.2. The maximum Gasteiger partial charge on any atom is 0.342 e. The zero-order chi connectivity index (χ0) is 13.0. The van der Waals surface area contributed by atoms with E-state index >= 15 is 0 Å². The molecule has 1 aromatic heterocycles. The quantitative estimate of drug-likeness (QED) is 0.653. The standard InChI is InChI=1S/C12H12N2O4/c1-16-11-3-2-9(13)4-10(11)12(15)17-6-8-5-14-18-7-8/h2-5,7H,6,13H2,1H3. The molecule has 2 rings (SSSR count). The van der Waals surface area contributed by atoms with Crippen molar-refractivity contribution in [2.45, 2.75) is 6.61 Å². The molecule has 0 aliphatic carbocycles. The van der Waals surface area contributed by atoms with E-state index in [1.165, 1.54) is 25.6 Å². The second-order valence-electron chi connectivity index (χ2n) is 3.57. The first-order chi connectivity index (χ1) is 8.70. The smallest absolute Gasteiger partial charge is 0.342 e. The van der Waals surface area contributed by atoms with E-state index in [0.717, 1.165) is 0 Å². The van der Waals surface area contributed by atoms with Crippen molar-refractivity contribution >= 4 is 11.7 Å². The number of aromatic nitrogens is 1. The Morgan fingerprint density at radius 3 is 3.00 bits per heavy atom. The number of benzene rings is 1. The molecule has 2 aromatic rings. The van der Waals surface area contributed by atoms with Gasteiger partial charge in [-0.2, -0.15) is 0 Å². The van der Waals surface area contributed by atoms with Crippen LogP contribution in [0.3, 0.4) is 0 Å². The molecule has 0 saturated heterocycles. The van der Waals surface area contributed by atoms with Gasteiger partial charge < -0.3 is 19.7 Å². The number of rotatable bonds is 4. The summed E-state index contributed by atoms with van der Waals surface area (Å²) in [4.78, 5) is 11.9. The third-order valence-electron chi connectivity index (χ3n) is 2.30. The van der Waals surface area contributed by atoms with Crippen LogP contribution in [0.5, 0.6) is 5.75 Å². The molecule has 0 bridgehead atoms. The van der Waals surface area contributed by atoms with Gasteiger partial charge in [-0.05, 0) is 18.2 Å². The summed E-state index contributed by atoms with van der Waals surface area (Å²) in [6.45, 7) is 0.0836. The van der Waals surface area contributed by atoms with Crippen LogP contribution in [0.25, 0.3) is 0 Å². The van der Waals surface area contributed by atoms with Gasteiger partial charge in [-0.25, -0.2) is 4.79 Å². The van der Waals surface area contributed by atoms with Gasteiger partial charge in [0.1, 0.15) is 24.2 Å². The van der Waals surface area contributed by atoms with Crippen molar-refractivity contribution in [3.05, 3.63) is 41.8 Å². The summed E-state index contributed by atoms with van der Waals surface area (Å²) in [6.07, 6.45) is 2.88. The fraction of sp³-hybridized carbons (Fsp3) is 0.167. The van der Waals surface area contributed by atoms with Crippen LogP contribution in [0.2, 0.25) is 0 Å². The second kappa shape index (κ2) is 5.22. The molecule has 0 saturated carbocycles. The minimum absolute atomic E-state index is 0.0836. The van der Waals surface area contributed by atoms with Crippen molar-refractivity contribution in [1.82, 2.24) is 5.16 Å². The van der Waals surface area contributed by atoms with E-state index in [0.29, 0.717) is 17.0 Å². The molecule has 0 aliphatic heterocycles. The Labute approximate surface area is 103 Å². The van der Waals surface area contributed by atoms with Gasteiger partial charge in [0.15, 0.2) is 0 Å². The predicted molar refractivity (Wildman–Crippen MR) is 63.0 cm³/mol. The Balaban J connectivity index is 2.10. The number of hydrogen-bond donors (Lipinski definition) is 1. The van der Waals surface area contributed by atoms with Gasteiger partial charge in [-0.15, -0.1) is 0 Å². The summed E-state index contributed by atoms with van der Waals surface area (Å²) in [6, 6.07) is 4.77. The van der Waals surface area contributed by atoms with Gasteiger partial charge in [-0.3, -0.25) is 0 Å². The van der Waals surface area contributed by atoms with Gasteiger partial charge in [0.05, 0.1) is 13.3 Å². The number of methoxy groups -OCH3 is 1. The molecule has 0 spiro atoms. The van der Waals surface area contributed by atoms with Crippen LogP contribution in [0.4, 0.5) is 5.69 Å². The largest absolute Gasteiger partial charge is 0.496 e. The maximum absolute atomic E-state index is 11.9. The number of hydrogen-bond acceptors (Lipinski definition) is 6. The number of nitrogens with two attached hydrogens (primary N) is 1. The molecular weight excluding hydrogens is 236 g/mol. The summed E-state index contributed by atoms with van der Waals surface area (Å²) in [7, 11) is 1.47. The third kappa shape index (κ3) is 2.60. The summed E-state index contributed by atoms with van der Waals surface area (Å²) >= 11 is 0. The average molecular weight is 248 g/mol. The van der Waals surface area contributed by atoms with Gasteiger partial charge in [-0.1, -0.05) is 5.16 Å². The highest BCUT2D eigenvalue weighted by Gasteiger charge is 2.14. The first kappa shape index (κ1) is 12.0. The number of nitrogens with zero attached hydrogens (tertiary/aromatic N) is 1. The Kier molecular flexibility index (Phi) is 3.47. The van der Waals surface area contributed by atoms with E-state index < -0.39 is 5.97 Å². The second-order valence-corrected chi connectivity index (χ2v) is 3.57. The van der Waals surface area contributed by atoms with Crippen LogP contribution in [0.1, 0.15) is 15.9 Å². The van der Waals surface area contributed by atoms with Crippen molar-refractivity contribution in [2.75, 3.05) is 12.8 Å². The lowest BCUT2D eigenvalue weighted by Crippen LogP contribution is -2.07. The fourth-order valence-corrected chi connectivity index (χ4v) is 1.41. The van der Waals surface area contributed by atoms with Gasteiger partial charge in [0, 0.05) is 11.3 Å². The highest BCUT2D eigenvalue weighted by molar-refractivity contribution is 5.93. The van der Waals surface area contributed by atoms with Gasteiger partial charge >= 0.3 is 5.97 Å². The van der Waals surface area contributed by atoms with Gasteiger partial charge in [0.25, 0.3) is 0 Å². The first-order valence-electron chi connectivity index (χ1n) is 5.19. The molecule has 1 aromatic carbocycles. The third-order valence-corrected chi connectivity index (χ3v) is 2.30. The van der Waals surface area contributed by atoms with E-state index in [-0.39, 0.29) is 12.2 Å². The number of carbonyl (C=O) groups excluding carboxylic acids is 1. The molecule has 0 amide bonds. The van der Waals surface area contributed by atoms with E-state index in [9.17, 15) is 4.79 Å². The van der Waals surface area contributed by atoms with Crippen LogP contribution in [-0.2, 0) is 11.3 Å². The Bertz CT molecular complexity index is 537. The number of nitrogen functional groups attached to an aromatic ring is 1. The summed E-state index contributed by atoms with van der Waals surface area (Å²) < 4.78 is 14.8. The number of carbonyl (C=O) groups is 1. The molecule has 0 aliphatic rings. The fourth-order valence-electron chi connectivity index (χ4n) is 1.41. The van der Waals surface area contributed by atoms with Gasteiger partial charge in [0.2, 0.25) is 0 Å². The first-order valence-corrected chi connectivity index (χ1v) is 5.19. The Morgan fingerprint density at radius 2 is 2.33 bits per heavy atom. The maximum atomic E-state index is 11.9. The lowest BCUT2D eigenvalue weighted by Gasteiger charge is -2.08. The monoisotopic (exact) mass is 248 g/mol. The summed E-state index contributed by atoms with van der Waals surface area (Å²) in [5.74, 6) is -0.0973. The Morgan fingerprint density at radius 1 is 1.50 bits per heavy atom. The van der Waals surface area contributed by atoms with Crippen LogP contribution >= 0.6 is 0 Å². The van der Waals surface area contributed by atoms with E-state index in [4.69, 9.17) is 15.2 Å². The summed E-state index contributed by atoms with van der Waals surface area (Å²) in [5, 5.41) is 3.51. The van der Waals surface area contributed by atoms with Crippen molar-refractivity contribution in [3.8, 4) is 5.75 Å². The normalized spacial score (nSPS) is 10.1. The topological polar surface area (TPSA) is 87.6 Å². The molecule has 1 heterocycles. The molecule has 2 N–H and O–H groups in total. The number of ether oxygens (including phenoxy) is 2. The summed E-state index contributed by atoms with van der Waals surface area (Å²) in [5.41, 5.74) is 7.05. The molecule has 18 heavy (non-hydrogen) atoms. The molecule has 0 unspecified atom stereocenters. The zero-order valence-electron chi connectivity index (χ0n) is 9.75. The predicted octanol–water partition coefficient (Wildman–Crippen LogP) is 1.62. The molecular formula is C12H12N2O4. The molecule has 6 nitrogen and oxygen atoms in total. The number of esters is 1. The average Bonchev–Trinajstić information content (AvgIpc) is 2.89.